The van der Waals surface area contributed by atoms with Crippen molar-refractivity contribution in [3.8, 4) is 0 Å². The molecule has 21 heavy (non-hydrogen) atoms. The number of fused-ring (bicyclic) bond motifs is 1. The van der Waals surface area contributed by atoms with E-state index in [9.17, 15) is 5.11 Å². The second kappa shape index (κ2) is 6.91. The first-order chi connectivity index (χ1) is 10.2. The fourth-order valence-electron chi connectivity index (χ4n) is 3.80. The lowest BCUT2D eigenvalue weighted by atomic mass is 9.93. The van der Waals surface area contributed by atoms with Crippen LogP contribution in [0.1, 0.15) is 49.8 Å². The molecular weight excluding hydrogens is 262 g/mol. The van der Waals surface area contributed by atoms with Gasteiger partial charge in [-0.2, -0.15) is 0 Å². The smallest absolute Gasteiger partial charge is 0.0954 e. The molecule has 3 heteroatoms. The molecule has 3 rings (SSSR count). The quantitative estimate of drug-likeness (QED) is 0.925. The van der Waals surface area contributed by atoms with Gasteiger partial charge >= 0.3 is 0 Å². The van der Waals surface area contributed by atoms with Crippen LogP contribution in [0.4, 0.5) is 0 Å². The van der Waals surface area contributed by atoms with Crippen LogP contribution in [0.5, 0.6) is 0 Å². The molecule has 0 saturated carbocycles. The van der Waals surface area contributed by atoms with E-state index in [2.05, 4.69) is 29.2 Å². The third-order valence-electron chi connectivity index (χ3n) is 4.86. The average Bonchev–Trinajstić information content (AvgIpc) is 2.49. The Morgan fingerprint density at radius 1 is 1.33 bits per heavy atom. The summed E-state index contributed by atoms with van der Waals surface area (Å²) in [4.78, 5) is 2.54. The predicted molar refractivity (Wildman–Crippen MR) is 84.3 cm³/mol. The molecule has 1 aromatic rings. The molecule has 0 bridgehead atoms. The van der Waals surface area contributed by atoms with Crippen LogP contribution in [0, 0.1) is 0 Å². The van der Waals surface area contributed by atoms with E-state index in [0.717, 1.165) is 32.5 Å². The maximum absolute atomic E-state index is 9.73. The Morgan fingerprint density at radius 3 is 3.05 bits per heavy atom. The van der Waals surface area contributed by atoms with Crippen molar-refractivity contribution in [3.63, 3.8) is 0 Å². The van der Waals surface area contributed by atoms with Crippen molar-refractivity contribution in [3.05, 3.63) is 35.4 Å². The summed E-state index contributed by atoms with van der Waals surface area (Å²) < 4.78 is 6.06. The molecule has 2 heterocycles. The number of hydrogen-bond acceptors (Lipinski definition) is 3. The van der Waals surface area contributed by atoms with Gasteiger partial charge in [0.1, 0.15) is 0 Å². The minimum absolute atomic E-state index is 0.199. The molecule has 1 saturated heterocycles. The Hall–Kier alpha value is -0.900. The van der Waals surface area contributed by atoms with Crippen LogP contribution in [0.25, 0.3) is 0 Å². The molecule has 0 spiro atoms. The summed E-state index contributed by atoms with van der Waals surface area (Å²) in [6, 6.07) is 9.19. The lowest BCUT2D eigenvalue weighted by molar-refractivity contribution is -0.00857. The number of nitrogens with zero attached hydrogens (tertiary/aromatic N) is 1. The van der Waals surface area contributed by atoms with Gasteiger partial charge in [-0.15, -0.1) is 0 Å². The summed E-state index contributed by atoms with van der Waals surface area (Å²) in [5, 5.41) is 9.73. The van der Waals surface area contributed by atoms with Crippen molar-refractivity contribution < 1.29 is 9.84 Å². The zero-order valence-corrected chi connectivity index (χ0v) is 13.0. The Kier molecular flexibility index (Phi) is 4.94. The topological polar surface area (TPSA) is 32.7 Å². The molecule has 1 N–H and O–H groups in total. The minimum Gasteiger partial charge on any atom is -0.393 e. The van der Waals surface area contributed by atoms with E-state index >= 15 is 0 Å². The van der Waals surface area contributed by atoms with Crippen LogP contribution >= 0.6 is 0 Å². The second-order valence-corrected chi connectivity index (χ2v) is 6.54. The maximum atomic E-state index is 9.73. The van der Waals surface area contributed by atoms with E-state index in [1.54, 1.807) is 0 Å². The van der Waals surface area contributed by atoms with E-state index in [1.165, 1.54) is 30.4 Å². The van der Waals surface area contributed by atoms with Gasteiger partial charge in [0, 0.05) is 12.6 Å². The highest BCUT2D eigenvalue weighted by atomic mass is 16.5. The van der Waals surface area contributed by atoms with Crippen LogP contribution in [-0.4, -0.2) is 41.8 Å². The monoisotopic (exact) mass is 289 g/mol. The highest BCUT2D eigenvalue weighted by Gasteiger charge is 2.28. The lowest BCUT2D eigenvalue weighted by Crippen LogP contribution is -2.44. The molecule has 0 amide bonds. The minimum atomic E-state index is -0.213. The van der Waals surface area contributed by atoms with Gasteiger partial charge in [-0.05, 0) is 50.3 Å². The molecule has 0 aromatic heterocycles. The van der Waals surface area contributed by atoms with E-state index in [1.807, 2.05) is 6.92 Å². The zero-order chi connectivity index (χ0) is 14.7. The molecule has 116 valence electrons. The molecule has 1 fully saturated rings. The standard InChI is InChI=1S/C18H27NO2/c1-14(20)12-16-7-4-5-10-19(16)13-18-17-8-3-2-6-15(17)9-11-21-18/h2-3,6,8,14,16,18,20H,4-5,7,9-13H2,1H3. The number of aliphatic hydroxyl groups is 1. The molecule has 3 atom stereocenters. The van der Waals surface area contributed by atoms with Gasteiger partial charge in [0.25, 0.3) is 0 Å². The Bertz CT molecular complexity index is 460. The Balaban J connectivity index is 1.70. The first-order valence-corrected chi connectivity index (χ1v) is 8.35. The zero-order valence-electron chi connectivity index (χ0n) is 13.0. The molecule has 0 radical (unpaired) electrons. The summed E-state index contributed by atoms with van der Waals surface area (Å²) in [5.74, 6) is 0. The highest BCUT2D eigenvalue weighted by molar-refractivity contribution is 5.31. The third-order valence-corrected chi connectivity index (χ3v) is 4.86. The number of ether oxygens (including phenoxy) is 1. The SMILES string of the molecule is CC(O)CC1CCCCN1CC1OCCc2ccccc21. The third kappa shape index (κ3) is 3.65. The van der Waals surface area contributed by atoms with Gasteiger partial charge in [0.2, 0.25) is 0 Å². The fraction of sp³-hybridized carbons (Fsp3) is 0.667. The number of benzene rings is 1. The normalized spacial score (nSPS) is 28.1. The number of likely N-dealkylation sites (tertiary alicyclic amines) is 1. The molecule has 2 aliphatic heterocycles. The largest absolute Gasteiger partial charge is 0.393 e. The van der Waals surface area contributed by atoms with E-state index in [-0.39, 0.29) is 12.2 Å². The number of aliphatic hydroxyl groups excluding tert-OH is 1. The first-order valence-electron chi connectivity index (χ1n) is 8.35. The van der Waals surface area contributed by atoms with Crippen molar-refractivity contribution >= 4 is 0 Å². The molecule has 0 aliphatic carbocycles. The highest BCUT2D eigenvalue weighted by Crippen LogP contribution is 2.30. The predicted octanol–water partition coefficient (Wildman–Crippen LogP) is 2.93. The summed E-state index contributed by atoms with van der Waals surface area (Å²) in [6.07, 6.45) is 5.66. The maximum Gasteiger partial charge on any atom is 0.0954 e. The number of hydrogen-bond donors (Lipinski definition) is 1. The molecular formula is C18H27NO2. The van der Waals surface area contributed by atoms with Gasteiger partial charge in [0.15, 0.2) is 0 Å². The Labute approximate surface area is 127 Å². The van der Waals surface area contributed by atoms with E-state index in [0.29, 0.717) is 6.04 Å². The Morgan fingerprint density at radius 2 is 2.19 bits per heavy atom. The van der Waals surface area contributed by atoms with Crippen molar-refractivity contribution in [1.29, 1.82) is 0 Å². The molecule has 3 unspecified atom stereocenters. The van der Waals surface area contributed by atoms with Crippen molar-refractivity contribution in [1.82, 2.24) is 4.90 Å². The number of piperidine rings is 1. The molecule has 3 nitrogen and oxygen atoms in total. The lowest BCUT2D eigenvalue weighted by Gasteiger charge is -2.39. The van der Waals surface area contributed by atoms with Crippen LogP contribution in [0.2, 0.25) is 0 Å². The van der Waals surface area contributed by atoms with Gasteiger partial charge in [-0.25, -0.2) is 0 Å². The van der Waals surface area contributed by atoms with Gasteiger partial charge in [-0.1, -0.05) is 30.7 Å². The second-order valence-electron chi connectivity index (χ2n) is 6.54. The van der Waals surface area contributed by atoms with Gasteiger partial charge in [-0.3, -0.25) is 4.90 Å². The van der Waals surface area contributed by atoms with Crippen molar-refractivity contribution in [2.75, 3.05) is 19.7 Å². The summed E-state index contributed by atoms with van der Waals surface area (Å²) in [7, 11) is 0. The van der Waals surface area contributed by atoms with Crippen LogP contribution in [0.3, 0.4) is 0 Å². The van der Waals surface area contributed by atoms with Gasteiger partial charge < -0.3 is 9.84 Å². The summed E-state index contributed by atoms with van der Waals surface area (Å²) in [6.45, 7) is 4.84. The first kappa shape index (κ1) is 15.0. The number of rotatable bonds is 4. The van der Waals surface area contributed by atoms with Crippen LogP contribution in [0.15, 0.2) is 24.3 Å². The van der Waals surface area contributed by atoms with Gasteiger partial charge in [0.05, 0.1) is 18.8 Å². The van der Waals surface area contributed by atoms with E-state index in [4.69, 9.17) is 4.74 Å². The molecule has 1 aromatic carbocycles. The summed E-state index contributed by atoms with van der Waals surface area (Å²) >= 11 is 0. The summed E-state index contributed by atoms with van der Waals surface area (Å²) in [5.41, 5.74) is 2.81. The van der Waals surface area contributed by atoms with E-state index < -0.39 is 0 Å². The van der Waals surface area contributed by atoms with Crippen molar-refractivity contribution in [2.45, 2.75) is 57.3 Å². The van der Waals surface area contributed by atoms with Crippen LogP contribution < -0.4 is 0 Å². The molecule has 2 aliphatic rings. The average molecular weight is 289 g/mol. The van der Waals surface area contributed by atoms with Crippen molar-refractivity contribution in [2.24, 2.45) is 0 Å². The fourth-order valence-corrected chi connectivity index (χ4v) is 3.80. The van der Waals surface area contributed by atoms with Crippen LogP contribution in [-0.2, 0) is 11.2 Å².